The van der Waals surface area contributed by atoms with E-state index in [0.717, 1.165) is 11.1 Å². The van der Waals surface area contributed by atoms with Gasteiger partial charge in [0.05, 0.1) is 10.6 Å². The molecule has 2 aliphatic heterocycles. The second kappa shape index (κ2) is 5.81. The van der Waals surface area contributed by atoms with E-state index in [-0.39, 0.29) is 5.56 Å². The summed E-state index contributed by atoms with van der Waals surface area (Å²) in [5.74, 6) is 0.635. The molecule has 0 bridgehead atoms. The molecule has 1 aromatic heterocycles. The minimum absolute atomic E-state index is 0.325. The van der Waals surface area contributed by atoms with Crippen molar-refractivity contribution in [3.05, 3.63) is 65.4 Å². The van der Waals surface area contributed by atoms with Crippen LogP contribution < -0.4 is 16.0 Å². The van der Waals surface area contributed by atoms with Crippen LogP contribution in [-0.2, 0) is 13.1 Å². The van der Waals surface area contributed by atoms with Gasteiger partial charge >= 0.3 is 5.69 Å². The number of hydrogen-bond acceptors (Lipinski definition) is 4. The number of halogens is 2. The summed E-state index contributed by atoms with van der Waals surface area (Å²) in [6.45, 7) is 2.06. The third kappa shape index (κ3) is 2.77. The Bertz CT molecular complexity index is 978. The molecule has 4 rings (SSSR count). The Morgan fingerprint density at radius 1 is 1.17 bits per heavy atom. The predicted octanol–water partition coefficient (Wildman–Crippen LogP) is 2.16. The Labute approximate surface area is 146 Å². The fourth-order valence-electron chi connectivity index (χ4n) is 3.12. The lowest BCUT2D eigenvalue weighted by Crippen LogP contribution is -2.26. The van der Waals surface area contributed by atoms with Crippen molar-refractivity contribution in [3.8, 4) is 5.75 Å². The first-order valence-corrected chi connectivity index (χ1v) is 8.13. The van der Waals surface area contributed by atoms with E-state index >= 15 is 0 Å². The quantitative estimate of drug-likeness (QED) is 0.854. The molecule has 3 heterocycles. The molecule has 2 aromatic rings. The lowest BCUT2D eigenvalue weighted by atomic mass is 10.1. The standard InChI is InChI=1S/C16H13Cl2N3O3/c17-10-2-9-1-8(7-24-14(9)12(18)3-10)4-21-5-11-13(6-21)19-16(23)20-15(11)22/h1-3H,4-7H2,(H2,19,20,22,23). The number of H-pyrrole nitrogens is 2. The molecule has 8 heteroatoms. The van der Waals surface area contributed by atoms with E-state index < -0.39 is 5.69 Å². The molecule has 0 amide bonds. The zero-order valence-electron chi connectivity index (χ0n) is 12.5. The fourth-order valence-corrected chi connectivity index (χ4v) is 3.68. The van der Waals surface area contributed by atoms with Crippen LogP contribution in [0.1, 0.15) is 16.8 Å². The Balaban J connectivity index is 1.57. The van der Waals surface area contributed by atoms with Gasteiger partial charge in [-0.2, -0.15) is 0 Å². The van der Waals surface area contributed by atoms with Crippen molar-refractivity contribution in [2.75, 3.05) is 13.2 Å². The molecular formula is C16H13Cl2N3O3. The van der Waals surface area contributed by atoms with E-state index in [4.69, 9.17) is 27.9 Å². The van der Waals surface area contributed by atoms with Gasteiger partial charge in [-0.3, -0.25) is 14.7 Å². The van der Waals surface area contributed by atoms with Gasteiger partial charge < -0.3 is 9.72 Å². The van der Waals surface area contributed by atoms with Crippen LogP contribution in [0.2, 0.25) is 10.0 Å². The van der Waals surface area contributed by atoms with E-state index in [9.17, 15) is 9.59 Å². The van der Waals surface area contributed by atoms with Gasteiger partial charge in [0.1, 0.15) is 12.4 Å². The Hall–Kier alpha value is -2.02. The molecular weight excluding hydrogens is 353 g/mol. The molecule has 6 nitrogen and oxygen atoms in total. The number of hydrogen-bond donors (Lipinski definition) is 2. The zero-order valence-corrected chi connectivity index (χ0v) is 14.0. The molecule has 0 saturated heterocycles. The van der Waals surface area contributed by atoms with Crippen LogP contribution in [0, 0.1) is 0 Å². The number of aromatic nitrogens is 2. The molecule has 0 spiro atoms. The number of benzene rings is 1. The molecule has 1 aromatic carbocycles. The first-order valence-electron chi connectivity index (χ1n) is 7.37. The summed E-state index contributed by atoms with van der Waals surface area (Å²) in [4.78, 5) is 30.2. The summed E-state index contributed by atoms with van der Waals surface area (Å²) in [6, 6.07) is 3.46. The van der Waals surface area contributed by atoms with E-state index in [1.54, 1.807) is 6.07 Å². The van der Waals surface area contributed by atoms with Crippen molar-refractivity contribution >= 4 is 29.3 Å². The van der Waals surface area contributed by atoms with Gasteiger partial charge in [0.25, 0.3) is 5.56 Å². The topological polar surface area (TPSA) is 78.2 Å². The summed E-state index contributed by atoms with van der Waals surface area (Å²) in [6.07, 6.45) is 2.01. The average Bonchev–Trinajstić information content (AvgIpc) is 2.89. The van der Waals surface area contributed by atoms with E-state index in [0.29, 0.717) is 53.3 Å². The molecule has 2 N–H and O–H groups in total. The number of fused-ring (bicyclic) bond motifs is 2. The summed E-state index contributed by atoms with van der Waals surface area (Å²) >= 11 is 12.2. The SMILES string of the molecule is O=c1[nH]c2c(c(=O)[nH]1)CN(CC1=Cc3cc(Cl)cc(Cl)c3OC1)C2. The average molecular weight is 366 g/mol. The van der Waals surface area contributed by atoms with Crippen molar-refractivity contribution in [1.29, 1.82) is 0 Å². The smallest absolute Gasteiger partial charge is 0.325 e. The molecule has 0 aliphatic carbocycles. The molecule has 0 saturated carbocycles. The third-order valence-electron chi connectivity index (χ3n) is 4.12. The van der Waals surface area contributed by atoms with Crippen LogP contribution >= 0.6 is 23.2 Å². The van der Waals surface area contributed by atoms with E-state index in [1.807, 2.05) is 12.1 Å². The maximum atomic E-state index is 11.8. The van der Waals surface area contributed by atoms with Crippen molar-refractivity contribution in [2.24, 2.45) is 0 Å². The zero-order chi connectivity index (χ0) is 16.8. The van der Waals surface area contributed by atoms with Crippen LogP contribution in [-0.4, -0.2) is 28.0 Å². The molecule has 124 valence electrons. The van der Waals surface area contributed by atoms with Crippen molar-refractivity contribution < 1.29 is 4.74 Å². The fraction of sp³-hybridized carbons (Fsp3) is 0.250. The van der Waals surface area contributed by atoms with Crippen LogP contribution in [0.4, 0.5) is 0 Å². The number of aromatic amines is 2. The van der Waals surface area contributed by atoms with Gasteiger partial charge in [-0.05, 0) is 23.8 Å². The highest BCUT2D eigenvalue weighted by Gasteiger charge is 2.25. The highest BCUT2D eigenvalue weighted by atomic mass is 35.5. The normalized spacial score (nSPS) is 16.3. The highest BCUT2D eigenvalue weighted by molar-refractivity contribution is 6.36. The second-order valence-electron chi connectivity index (χ2n) is 5.91. The van der Waals surface area contributed by atoms with Crippen molar-refractivity contribution in [3.63, 3.8) is 0 Å². The summed E-state index contributed by atoms with van der Waals surface area (Å²) in [5.41, 5.74) is 2.38. The van der Waals surface area contributed by atoms with Crippen LogP contribution in [0.5, 0.6) is 5.75 Å². The molecule has 0 radical (unpaired) electrons. The first kappa shape index (κ1) is 15.5. The maximum Gasteiger partial charge on any atom is 0.325 e. The minimum Gasteiger partial charge on any atom is -0.487 e. The summed E-state index contributed by atoms with van der Waals surface area (Å²) < 4.78 is 5.74. The van der Waals surface area contributed by atoms with Gasteiger partial charge in [-0.1, -0.05) is 23.2 Å². The number of nitrogens with zero attached hydrogens (tertiary/aromatic N) is 1. The third-order valence-corrected chi connectivity index (χ3v) is 4.62. The van der Waals surface area contributed by atoms with Gasteiger partial charge in [0, 0.05) is 35.9 Å². The monoisotopic (exact) mass is 365 g/mol. The molecule has 0 atom stereocenters. The Morgan fingerprint density at radius 2 is 2.00 bits per heavy atom. The van der Waals surface area contributed by atoms with E-state index in [2.05, 4.69) is 14.9 Å². The van der Waals surface area contributed by atoms with Gasteiger partial charge in [0.15, 0.2) is 0 Å². The summed E-state index contributed by atoms with van der Waals surface area (Å²) in [5, 5.41) is 1.04. The lowest BCUT2D eigenvalue weighted by Gasteiger charge is -2.22. The lowest BCUT2D eigenvalue weighted by molar-refractivity contribution is 0.279. The molecule has 0 unspecified atom stereocenters. The summed E-state index contributed by atoms with van der Waals surface area (Å²) in [7, 11) is 0. The van der Waals surface area contributed by atoms with E-state index in [1.165, 1.54) is 0 Å². The minimum atomic E-state index is -0.473. The highest BCUT2D eigenvalue weighted by Crippen LogP contribution is 2.36. The Morgan fingerprint density at radius 3 is 2.83 bits per heavy atom. The van der Waals surface area contributed by atoms with Crippen LogP contribution in [0.15, 0.2) is 27.3 Å². The van der Waals surface area contributed by atoms with Crippen molar-refractivity contribution in [1.82, 2.24) is 14.9 Å². The largest absolute Gasteiger partial charge is 0.487 e. The first-order chi connectivity index (χ1) is 11.5. The van der Waals surface area contributed by atoms with Crippen LogP contribution in [0.25, 0.3) is 6.08 Å². The van der Waals surface area contributed by atoms with Gasteiger partial charge in [0.2, 0.25) is 0 Å². The number of rotatable bonds is 2. The van der Waals surface area contributed by atoms with Crippen LogP contribution in [0.3, 0.4) is 0 Å². The second-order valence-corrected chi connectivity index (χ2v) is 6.75. The van der Waals surface area contributed by atoms with Gasteiger partial charge in [-0.15, -0.1) is 0 Å². The number of ether oxygens (including phenoxy) is 1. The van der Waals surface area contributed by atoms with Gasteiger partial charge in [-0.25, -0.2) is 4.79 Å². The maximum absolute atomic E-state index is 11.8. The molecule has 2 aliphatic rings. The predicted molar refractivity (Wildman–Crippen MR) is 91.7 cm³/mol. The number of nitrogens with one attached hydrogen (secondary N) is 2. The molecule has 0 fully saturated rings. The molecule has 24 heavy (non-hydrogen) atoms. The Kier molecular flexibility index (Phi) is 3.75. The van der Waals surface area contributed by atoms with Crippen molar-refractivity contribution in [2.45, 2.75) is 13.1 Å².